The Bertz CT molecular complexity index is 279. The minimum atomic E-state index is -0.705. The molecule has 0 radical (unpaired) electrons. The lowest BCUT2D eigenvalue weighted by atomic mass is 9.72. The molecule has 4 nitrogen and oxygen atoms in total. The Labute approximate surface area is 102 Å². The fraction of sp³-hybridized carbons (Fsp3) is 0.923. The van der Waals surface area contributed by atoms with Gasteiger partial charge in [-0.3, -0.25) is 4.79 Å². The molecule has 2 aliphatic heterocycles. The standard InChI is InChI=1S/C13H22O4/c1-2-3-7-16-8-6-13(12(14)15)9-10-4-5-11(13)17-10/h10-11H,2-9H2,1H3,(H,14,15). The summed E-state index contributed by atoms with van der Waals surface area (Å²) in [5, 5.41) is 9.45. The van der Waals surface area contributed by atoms with E-state index in [1.807, 2.05) is 0 Å². The van der Waals surface area contributed by atoms with Crippen LogP contribution < -0.4 is 0 Å². The number of ether oxygens (including phenoxy) is 2. The van der Waals surface area contributed by atoms with Crippen LogP contribution in [0.3, 0.4) is 0 Å². The summed E-state index contributed by atoms with van der Waals surface area (Å²) in [5.41, 5.74) is -0.671. The van der Waals surface area contributed by atoms with Crippen LogP contribution in [0.25, 0.3) is 0 Å². The van der Waals surface area contributed by atoms with E-state index >= 15 is 0 Å². The van der Waals surface area contributed by atoms with Crippen LogP contribution in [0.1, 0.15) is 45.4 Å². The van der Waals surface area contributed by atoms with Gasteiger partial charge in [-0.1, -0.05) is 13.3 Å². The van der Waals surface area contributed by atoms with E-state index in [0.717, 1.165) is 32.3 Å². The van der Waals surface area contributed by atoms with Crippen molar-refractivity contribution in [2.75, 3.05) is 13.2 Å². The highest BCUT2D eigenvalue weighted by molar-refractivity contribution is 5.76. The first kappa shape index (κ1) is 12.8. The van der Waals surface area contributed by atoms with E-state index in [1.54, 1.807) is 0 Å². The molecule has 0 aliphatic carbocycles. The molecular formula is C13H22O4. The van der Waals surface area contributed by atoms with Crippen LogP contribution in [0.5, 0.6) is 0 Å². The highest BCUT2D eigenvalue weighted by Gasteiger charge is 2.56. The van der Waals surface area contributed by atoms with Gasteiger partial charge in [-0.15, -0.1) is 0 Å². The fourth-order valence-corrected chi connectivity index (χ4v) is 3.00. The maximum absolute atomic E-state index is 11.5. The maximum atomic E-state index is 11.5. The fourth-order valence-electron chi connectivity index (χ4n) is 3.00. The lowest BCUT2D eigenvalue weighted by Crippen LogP contribution is -2.41. The molecule has 2 rings (SSSR count). The van der Waals surface area contributed by atoms with E-state index in [9.17, 15) is 9.90 Å². The average molecular weight is 242 g/mol. The zero-order chi connectivity index (χ0) is 12.3. The van der Waals surface area contributed by atoms with E-state index in [4.69, 9.17) is 9.47 Å². The number of unbranched alkanes of at least 4 members (excludes halogenated alkanes) is 1. The van der Waals surface area contributed by atoms with E-state index < -0.39 is 11.4 Å². The third kappa shape index (κ3) is 2.47. The Balaban J connectivity index is 1.84. The first-order valence-electron chi connectivity index (χ1n) is 6.65. The highest BCUT2D eigenvalue weighted by atomic mass is 16.5. The monoisotopic (exact) mass is 242 g/mol. The minimum Gasteiger partial charge on any atom is -0.481 e. The second-order valence-electron chi connectivity index (χ2n) is 5.21. The number of carboxylic acids is 1. The molecule has 0 aromatic carbocycles. The Hall–Kier alpha value is -0.610. The maximum Gasteiger partial charge on any atom is 0.312 e. The molecule has 0 aromatic rings. The Morgan fingerprint density at radius 2 is 2.29 bits per heavy atom. The number of aliphatic carboxylic acids is 1. The quantitative estimate of drug-likeness (QED) is 0.695. The van der Waals surface area contributed by atoms with Crippen molar-refractivity contribution in [2.45, 2.75) is 57.7 Å². The van der Waals surface area contributed by atoms with Crippen molar-refractivity contribution in [1.29, 1.82) is 0 Å². The predicted octanol–water partition coefficient (Wildman–Crippen LogP) is 2.22. The molecule has 3 unspecified atom stereocenters. The van der Waals surface area contributed by atoms with Crippen molar-refractivity contribution in [1.82, 2.24) is 0 Å². The summed E-state index contributed by atoms with van der Waals surface area (Å²) in [5.74, 6) is -0.705. The minimum absolute atomic E-state index is 0.0835. The predicted molar refractivity (Wildman–Crippen MR) is 62.9 cm³/mol. The number of carboxylic acid groups (broad SMARTS) is 1. The molecule has 2 fully saturated rings. The van der Waals surface area contributed by atoms with Gasteiger partial charge in [0.05, 0.1) is 17.6 Å². The summed E-state index contributed by atoms with van der Waals surface area (Å²) >= 11 is 0. The molecule has 0 spiro atoms. The van der Waals surface area contributed by atoms with Crippen molar-refractivity contribution >= 4 is 5.97 Å². The molecule has 2 bridgehead atoms. The first-order chi connectivity index (χ1) is 8.19. The molecule has 1 N–H and O–H groups in total. The lowest BCUT2D eigenvalue weighted by Gasteiger charge is -2.30. The van der Waals surface area contributed by atoms with Crippen LogP contribution in [0, 0.1) is 5.41 Å². The molecule has 4 heteroatoms. The van der Waals surface area contributed by atoms with Gasteiger partial charge in [0.25, 0.3) is 0 Å². The number of hydrogen-bond donors (Lipinski definition) is 1. The third-order valence-corrected chi connectivity index (χ3v) is 4.08. The topological polar surface area (TPSA) is 55.8 Å². The van der Waals surface area contributed by atoms with Gasteiger partial charge in [-0.2, -0.15) is 0 Å². The molecule has 0 amide bonds. The molecule has 17 heavy (non-hydrogen) atoms. The van der Waals surface area contributed by atoms with Crippen molar-refractivity contribution in [3.63, 3.8) is 0 Å². The van der Waals surface area contributed by atoms with E-state index in [0.29, 0.717) is 19.4 Å². The second-order valence-corrected chi connectivity index (χ2v) is 5.21. The van der Waals surface area contributed by atoms with Crippen molar-refractivity contribution < 1.29 is 19.4 Å². The average Bonchev–Trinajstić information content (AvgIpc) is 2.89. The summed E-state index contributed by atoms with van der Waals surface area (Å²) in [7, 11) is 0. The summed E-state index contributed by atoms with van der Waals surface area (Å²) < 4.78 is 11.2. The SMILES string of the molecule is CCCCOCCC1(C(=O)O)CC2CCC1O2. The molecule has 0 saturated carbocycles. The summed E-state index contributed by atoms with van der Waals surface area (Å²) in [6.07, 6.45) is 5.42. The lowest BCUT2D eigenvalue weighted by molar-refractivity contribution is -0.154. The number of carbonyl (C=O) groups is 1. The van der Waals surface area contributed by atoms with E-state index in [2.05, 4.69) is 6.92 Å². The summed E-state index contributed by atoms with van der Waals surface area (Å²) in [4.78, 5) is 11.5. The van der Waals surface area contributed by atoms with Gasteiger partial charge < -0.3 is 14.6 Å². The van der Waals surface area contributed by atoms with Gasteiger partial charge in [-0.05, 0) is 32.1 Å². The molecule has 2 aliphatic rings. The molecule has 3 atom stereocenters. The van der Waals surface area contributed by atoms with Gasteiger partial charge in [0.1, 0.15) is 0 Å². The van der Waals surface area contributed by atoms with Gasteiger partial charge >= 0.3 is 5.97 Å². The van der Waals surface area contributed by atoms with Crippen LogP contribution in [0.15, 0.2) is 0 Å². The van der Waals surface area contributed by atoms with Gasteiger partial charge in [0.2, 0.25) is 0 Å². The normalized spacial score (nSPS) is 35.4. The van der Waals surface area contributed by atoms with Crippen LogP contribution >= 0.6 is 0 Å². The van der Waals surface area contributed by atoms with Gasteiger partial charge in [0, 0.05) is 13.2 Å². The van der Waals surface area contributed by atoms with Crippen LogP contribution in [-0.2, 0) is 14.3 Å². The molecule has 0 aromatic heterocycles. The summed E-state index contributed by atoms with van der Waals surface area (Å²) in [6.45, 7) is 3.39. The molecule has 98 valence electrons. The van der Waals surface area contributed by atoms with Crippen molar-refractivity contribution in [3.8, 4) is 0 Å². The molecule has 2 heterocycles. The Kier molecular flexibility index (Phi) is 4.05. The van der Waals surface area contributed by atoms with Crippen LogP contribution in [0.2, 0.25) is 0 Å². The van der Waals surface area contributed by atoms with Crippen LogP contribution in [-0.4, -0.2) is 36.5 Å². The zero-order valence-electron chi connectivity index (χ0n) is 10.5. The first-order valence-corrected chi connectivity index (χ1v) is 6.65. The van der Waals surface area contributed by atoms with Crippen LogP contribution in [0.4, 0.5) is 0 Å². The smallest absolute Gasteiger partial charge is 0.312 e. The van der Waals surface area contributed by atoms with Gasteiger partial charge in [0.15, 0.2) is 0 Å². The number of rotatable bonds is 7. The van der Waals surface area contributed by atoms with E-state index in [1.165, 1.54) is 0 Å². The van der Waals surface area contributed by atoms with Crippen molar-refractivity contribution in [3.05, 3.63) is 0 Å². The van der Waals surface area contributed by atoms with E-state index in [-0.39, 0.29) is 12.2 Å². The highest BCUT2D eigenvalue weighted by Crippen LogP contribution is 2.50. The van der Waals surface area contributed by atoms with Crippen molar-refractivity contribution in [2.24, 2.45) is 5.41 Å². The number of hydrogen-bond acceptors (Lipinski definition) is 3. The zero-order valence-corrected chi connectivity index (χ0v) is 10.5. The third-order valence-electron chi connectivity index (χ3n) is 4.08. The largest absolute Gasteiger partial charge is 0.481 e. The summed E-state index contributed by atoms with van der Waals surface area (Å²) in [6, 6.07) is 0. The number of fused-ring (bicyclic) bond motifs is 2. The Morgan fingerprint density at radius 3 is 2.82 bits per heavy atom. The molecular weight excluding hydrogens is 220 g/mol. The Morgan fingerprint density at radius 1 is 1.47 bits per heavy atom. The van der Waals surface area contributed by atoms with Gasteiger partial charge in [-0.25, -0.2) is 0 Å². The second kappa shape index (κ2) is 5.36. The molecule has 2 saturated heterocycles.